The molecule has 22 heavy (non-hydrogen) atoms. The van der Waals surface area contributed by atoms with Gasteiger partial charge in [0.05, 0.1) is 0 Å². The van der Waals surface area contributed by atoms with Gasteiger partial charge in [0.25, 0.3) is 0 Å². The predicted octanol–water partition coefficient (Wildman–Crippen LogP) is 5.35. The van der Waals surface area contributed by atoms with E-state index >= 15 is 0 Å². The van der Waals surface area contributed by atoms with Crippen LogP contribution in [0.15, 0.2) is 53.1 Å². The van der Waals surface area contributed by atoms with Crippen molar-refractivity contribution in [2.75, 3.05) is 14.1 Å². The van der Waals surface area contributed by atoms with Gasteiger partial charge in [0, 0.05) is 27.6 Å². The van der Waals surface area contributed by atoms with Crippen LogP contribution in [0.1, 0.15) is 18.5 Å². The summed E-state index contributed by atoms with van der Waals surface area (Å²) in [6.45, 7) is 2.20. The summed E-state index contributed by atoms with van der Waals surface area (Å²) < 4.78 is 7.00. The van der Waals surface area contributed by atoms with Gasteiger partial charge in [0.1, 0.15) is 11.5 Å². The fraction of sp³-hybridized carbons (Fsp3) is 0.222. The lowest BCUT2D eigenvalue weighted by Crippen LogP contribution is -2.16. The van der Waals surface area contributed by atoms with E-state index in [1.807, 2.05) is 30.3 Å². The van der Waals surface area contributed by atoms with Crippen molar-refractivity contribution in [2.24, 2.45) is 0 Å². The molecule has 1 unspecified atom stereocenters. The van der Waals surface area contributed by atoms with Gasteiger partial charge in [-0.25, -0.2) is 0 Å². The van der Waals surface area contributed by atoms with Gasteiger partial charge in [-0.2, -0.15) is 0 Å². The smallest absolute Gasteiger partial charge is 0.128 e. The highest BCUT2D eigenvalue weighted by atomic mass is 79.9. The molecule has 3 rings (SSSR count). The predicted molar refractivity (Wildman–Crippen MR) is 94.6 cm³/mol. The zero-order chi connectivity index (χ0) is 15.7. The zero-order valence-electron chi connectivity index (χ0n) is 12.9. The molecule has 0 amide bonds. The number of nitrogens with one attached hydrogen (secondary N) is 1. The molecule has 1 atom stereocenters. The number of aromatic nitrogens is 1. The second-order valence-corrected chi connectivity index (χ2v) is 6.56. The van der Waals surface area contributed by atoms with Gasteiger partial charge in [-0.05, 0) is 69.0 Å². The minimum Gasteiger partial charge on any atom is -0.457 e. The highest BCUT2D eigenvalue weighted by Gasteiger charge is 2.13. The van der Waals surface area contributed by atoms with Gasteiger partial charge in [-0.3, -0.25) is 0 Å². The van der Waals surface area contributed by atoms with Crippen LogP contribution in [0.5, 0.6) is 11.5 Å². The van der Waals surface area contributed by atoms with Gasteiger partial charge >= 0.3 is 0 Å². The van der Waals surface area contributed by atoms with Crippen LogP contribution in [0, 0.1) is 0 Å². The summed E-state index contributed by atoms with van der Waals surface area (Å²) in [5.74, 6) is 1.68. The van der Waals surface area contributed by atoms with Crippen molar-refractivity contribution in [3.8, 4) is 11.5 Å². The highest BCUT2D eigenvalue weighted by Crippen LogP contribution is 2.31. The van der Waals surface area contributed by atoms with E-state index in [-0.39, 0.29) is 0 Å². The lowest BCUT2D eigenvalue weighted by atomic mass is 10.1. The Balaban J connectivity index is 1.94. The minimum atomic E-state index is 0.344. The van der Waals surface area contributed by atoms with E-state index in [0.29, 0.717) is 6.04 Å². The Morgan fingerprint density at radius 1 is 1.05 bits per heavy atom. The molecule has 0 aliphatic heterocycles. The number of hydrogen-bond donors (Lipinski definition) is 1. The van der Waals surface area contributed by atoms with Crippen molar-refractivity contribution in [3.05, 3.63) is 58.7 Å². The SMILES string of the molecule is CC(c1c[nH]c2ccc(Oc3ccc(Br)cc3)cc12)N(C)C. The Kier molecular flexibility index (Phi) is 4.23. The third-order valence-electron chi connectivity index (χ3n) is 3.96. The molecule has 3 aromatic rings. The molecule has 0 bridgehead atoms. The normalized spacial score (nSPS) is 12.8. The molecule has 114 valence electrons. The number of halogens is 1. The van der Waals surface area contributed by atoms with Crippen molar-refractivity contribution in [1.82, 2.24) is 9.88 Å². The van der Waals surface area contributed by atoms with E-state index < -0.39 is 0 Å². The number of H-pyrrole nitrogens is 1. The van der Waals surface area contributed by atoms with Gasteiger partial charge in [-0.15, -0.1) is 0 Å². The van der Waals surface area contributed by atoms with Gasteiger partial charge in [-0.1, -0.05) is 15.9 Å². The summed E-state index contributed by atoms with van der Waals surface area (Å²) in [7, 11) is 4.18. The third kappa shape index (κ3) is 3.03. The van der Waals surface area contributed by atoms with Crippen LogP contribution in [-0.4, -0.2) is 24.0 Å². The second-order valence-electron chi connectivity index (χ2n) is 5.65. The highest BCUT2D eigenvalue weighted by molar-refractivity contribution is 9.10. The number of ether oxygens (including phenoxy) is 1. The molecule has 1 heterocycles. The largest absolute Gasteiger partial charge is 0.457 e. The van der Waals surface area contributed by atoms with Crippen molar-refractivity contribution < 1.29 is 4.74 Å². The first-order valence-electron chi connectivity index (χ1n) is 7.25. The van der Waals surface area contributed by atoms with Crippen LogP contribution in [0.4, 0.5) is 0 Å². The number of nitrogens with zero attached hydrogens (tertiary/aromatic N) is 1. The standard InChI is InChI=1S/C18H19BrN2O/c1-12(21(2)3)17-11-20-18-9-8-15(10-16(17)18)22-14-6-4-13(19)5-7-14/h4-12,20H,1-3H3. The maximum absolute atomic E-state index is 5.96. The fourth-order valence-electron chi connectivity index (χ4n) is 2.45. The molecule has 0 saturated heterocycles. The van der Waals surface area contributed by atoms with Crippen molar-refractivity contribution in [1.29, 1.82) is 0 Å². The first-order chi connectivity index (χ1) is 10.5. The Morgan fingerprint density at radius 2 is 1.73 bits per heavy atom. The van der Waals surface area contributed by atoms with Crippen LogP contribution in [0.2, 0.25) is 0 Å². The molecule has 0 spiro atoms. The summed E-state index contributed by atoms with van der Waals surface area (Å²) >= 11 is 3.43. The average molecular weight is 359 g/mol. The van der Waals surface area contributed by atoms with E-state index in [2.05, 4.69) is 65.2 Å². The molecule has 2 aromatic carbocycles. The summed E-state index contributed by atoms with van der Waals surface area (Å²) in [4.78, 5) is 5.53. The molecule has 3 nitrogen and oxygen atoms in total. The minimum absolute atomic E-state index is 0.344. The molecule has 1 aromatic heterocycles. The van der Waals surface area contributed by atoms with Crippen LogP contribution < -0.4 is 4.74 Å². The summed E-state index contributed by atoms with van der Waals surface area (Å²) in [5.41, 5.74) is 2.41. The maximum Gasteiger partial charge on any atom is 0.128 e. The first-order valence-corrected chi connectivity index (χ1v) is 8.05. The van der Waals surface area contributed by atoms with Crippen LogP contribution in [-0.2, 0) is 0 Å². The van der Waals surface area contributed by atoms with Crippen molar-refractivity contribution >= 4 is 26.8 Å². The number of rotatable bonds is 4. The molecule has 0 aliphatic rings. The van der Waals surface area contributed by atoms with Crippen LogP contribution in [0.25, 0.3) is 10.9 Å². The number of hydrogen-bond acceptors (Lipinski definition) is 2. The van der Waals surface area contributed by atoms with Crippen molar-refractivity contribution in [2.45, 2.75) is 13.0 Å². The fourth-order valence-corrected chi connectivity index (χ4v) is 2.71. The lowest BCUT2D eigenvalue weighted by molar-refractivity contribution is 0.323. The molecule has 0 aliphatic carbocycles. The number of fused-ring (bicyclic) bond motifs is 1. The third-order valence-corrected chi connectivity index (χ3v) is 4.49. The second kappa shape index (κ2) is 6.15. The summed E-state index contributed by atoms with van der Waals surface area (Å²) in [6, 6.07) is 14.4. The number of benzene rings is 2. The number of aromatic amines is 1. The quantitative estimate of drug-likeness (QED) is 0.681. The lowest BCUT2D eigenvalue weighted by Gasteiger charge is -2.19. The molecule has 1 N–H and O–H groups in total. The van der Waals surface area contributed by atoms with Gasteiger partial charge in [0.15, 0.2) is 0 Å². The Morgan fingerprint density at radius 3 is 2.41 bits per heavy atom. The molecular weight excluding hydrogens is 340 g/mol. The van der Waals surface area contributed by atoms with E-state index in [4.69, 9.17) is 4.74 Å². The van der Waals surface area contributed by atoms with Crippen molar-refractivity contribution in [3.63, 3.8) is 0 Å². The maximum atomic E-state index is 5.96. The average Bonchev–Trinajstić information content (AvgIpc) is 2.92. The Hall–Kier alpha value is -1.78. The summed E-state index contributed by atoms with van der Waals surface area (Å²) in [6.07, 6.45) is 2.08. The molecule has 4 heteroatoms. The van der Waals surface area contributed by atoms with Crippen LogP contribution in [0.3, 0.4) is 0 Å². The Bertz CT molecular complexity index is 777. The Labute approximate surface area is 139 Å². The molecular formula is C18H19BrN2O. The van der Waals surface area contributed by atoms with E-state index in [1.165, 1.54) is 10.9 Å². The van der Waals surface area contributed by atoms with E-state index in [1.54, 1.807) is 0 Å². The molecule has 0 fully saturated rings. The van der Waals surface area contributed by atoms with Crippen LogP contribution >= 0.6 is 15.9 Å². The first kappa shape index (κ1) is 15.1. The van der Waals surface area contributed by atoms with E-state index in [9.17, 15) is 0 Å². The van der Waals surface area contributed by atoms with E-state index in [0.717, 1.165) is 21.5 Å². The molecule has 0 radical (unpaired) electrons. The monoisotopic (exact) mass is 358 g/mol. The van der Waals surface area contributed by atoms with Gasteiger partial charge in [0.2, 0.25) is 0 Å². The summed E-state index contributed by atoms with van der Waals surface area (Å²) in [5, 5.41) is 1.20. The van der Waals surface area contributed by atoms with Gasteiger partial charge < -0.3 is 14.6 Å². The topological polar surface area (TPSA) is 28.3 Å². The molecule has 0 saturated carbocycles. The zero-order valence-corrected chi connectivity index (χ0v) is 14.5.